The first-order valence-electron chi connectivity index (χ1n) is 11.5. The van der Waals surface area contributed by atoms with E-state index >= 15 is 0 Å². The third-order valence-electron chi connectivity index (χ3n) is 5.65. The fraction of sp³-hybridized carbons (Fsp3) is 0.385. The molecule has 35 heavy (non-hydrogen) atoms. The molecular weight excluding hydrogens is 450 g/mol. The van der Waals surface area contributed by atoms with Gasteiger partial charge in [-0.1, -0.05) is 26.0 Å². The number of nitro groups is 1. The van der Waals surface area contributed by atoms with Crippen LogP contribution in [0.1, 0.15) is 37.4 Å². The number of aliphatic hydroxyl groups is 1. The van der Waals surface area contributed by atoms with Gasteiger partial charge in [0.05, 0.1) is 23.1 Å². The highest BCUT2D eigenvalue weighted by atomic mass is 16.6. The molecule has 1 heterocycles. The monoisotopic (exact) mass is 481 g/mol. The first kappa shape index (κ1) is 25.9. The van der Waals surface area contributed by atoms with Crippen molar-refractivity contribution in [3.05, 3.63) is 75.3 Å². The lowest BCUT2D eigenvalue weighted by Gasteiger charge is -2.25. The second kappa shape index (κ2) is 11.1. The predicted octanol–water partition coefficient (Wildman–Crippen LogP) is 4.00. The lowest BCUT2D eigenvalue weighted by Crippen LogP contribution is -2.32. The number of rotatable bonds is 10. The third-order valence-corrected chi connectivity index (χ3v) is 5.65. The van der Waals surface area contributed by atoms with Crippen LogP contribution < -0.4 is 4.74 Å². The number of ether oxygens (including phenoxy) is 1. The zero-order valence-electron chi connectivity index (χ0n) is 20.4. The molecule has 2 aromatic rings. The highest BCUT2D eigenvalue weighted by molar-refractivity contribution is 6.46. The molecule has 2 aromatic carbocycles. The molecule has 1 amide bonds. The van der Waals surface area contributed by atoms with E-state index in [1.54, 1.807) is 30.3 Å². The lowest BCUT2D eigenvalue weighted by molar-refractivity contribution is -0.384. The fourth-order valence-corrected chi connectivity index (χ4v) is 3.95. The Balaban J connectivity index is 2.04. The van der Waals surface area contributed by atoms with Crippen molar-refractivity contribution >= 4 is 23.1 Å². The zero-order valence-corrected chi connectivity index (χ0v) is 20.4. The number of carbonyl (C=O) groups excluding carboxylic acids is 2. The summed E-state index contributed by atoms with van der Waals surface area (Å²) in [4.78, 5) is 40.3. The van der Waals surface area contributed by atoms with Gasteiger partial charge in [0.1, 0.15) is 11.5 Å². The molecule has 0 aliphatic carbocycles. The Morgan fingerprint density at radius 1 is 1.17 bits per heavy atom. The number of carbonyl (C=O) groups is 2. The molecule has 0 unspecified atom stereocenters. The number of hydrogen-bond acceptors (Lipinski definition) is 7. The number of nitrogens with zero attached hydrogens (tertiary/aromatic N) is 3. The molecule has 9 heteroatoms. The van der Waals surface area contributed by atoms with Gasteiger partial charge in [-0.3, -0.25) is 19.7 Å². The van der Waals surface area contributed by atoms with Gasteiger partial charge >= 0.3 is 0 Å². The van der Waals surface area contributed by atoms with Crippen molar-refractivity contribution < 1.29 is 24.4 Å². The van der Waals surface area contributed by atoms with Crippen LogP contribution in [0.2, 0.25) is 0 Å². The Hall–Kier alpha value is -3.72. The second-order valence-corrected chi connectivity index (χ2v) is 9.23. The number of Topliss-reactive ketones (excluding diaryl/α,β-unsaturated/α-hetero) is 1. The van der Waals surface area contributed by atoms with Crippen LogP contribution in [0.5, 0.6) is 5.75 Å². The predicted molar refractivity (Wildman–Crippen MR) is 132 cm³/mol. The number of nitro benzene ring substituents is 1. The number of aliphatic hydroxyl groups excluding tert-OH is 1. The van der Waals surface area contributed by atoms with Crippen LogP contribution in [0.3, 0.4) is 0 Å². The quantitative estimate of drug-likeness (QED) is 0.179. The van der Waals surface area contributed by atoms with Gasteiger partial charge in [-0.05, 0) is 62.8 Å². The molecule has 0 saturated carbocycles. The molecule has 3 rings (SSSR count). The fourth-order valence-electron chi connectivity index (χ4n) is 3.95. The third kappa shape index (κ3) is 6.05. The summed E-state index contributed by atoms with van der Waals surface area (Å²) in [5.41, 5.74) is 0.495. The van der Waals surface area contributed by atoms with Gasteiger partial charge in [-0.2, -0.15) is 0 Å². The maximum absolute atomic E-state index is 13.1. The van der Waals surface area contributed by atoms with Gasteiger partial charge in [-0.15, -0.1) is 0 Å². The second-order valence-electron chi connectivity index (χ2n) is 9.23. The highest BCUT2D eigenvalue weighted by Crippen LogP contribution is 2.40. The van der Waals surface area contributed by atoms with Crippen molar-refractivity contribution in [3.63, 3.8) is 0 Å². The molecule has 0 bridgehead atoms. The first-order chi connectivity index (χ1) is 16.6. The summed E-state index contributed by atoms with van der Waals surface area (Å²) >= 11 is 0. The van der Waals surface area contributed by atoms with Gasteiger partial charge in [0.25, 0.3) is 17.4 Å². The standard InChI is InChI=1S/C26H31N3O6/c1-17(2)16-35-21-11-9-18(10-12-21)24(30)22-23(19-7-5-8-20(15-19)29(33)34)28(26(32)25(22)31)14-6-13-27(3)4/h5,7-12,15,17,23,30H,6,13-14,16H2,1-4H3/t23-/m1/s1. The molecular formula is C26H31N3O6. The zero-order chi connectivity index (χ0) is 25.7. The van der Waals surface area contributed by atoms with Gasteiger partial charge in [0.15, 0.2) is 0 Å². The molecule has 1 fully saturated rings. The van der Waals surface area contributed by atoms with Gasteiger partial charge in [0.2, 0.25) is 0 Å². The van der Waals surface area contributed by atoms with Crippen molar-refractivity contribution in [2.45, 2.75) is 26.3 Å². The maximum Gasteiger partial charge on any atom is 0.295 e. The summed E-state index contributed by atoms with van der Waals surface area (Å²) in [5, 5.41) is 22.5. The Bertz CT molecular complexity index is 1120. The summed E-state index contributed by atoms with van der Waals surface area (Å²) in [5.74, 6) is -0.913. The molecule has 1 atom stereocenters. The number of benzene rings is 2. The smallest absolute Gasteiger partial charge is 0.295 e. The molecule has 1 saturated heterocycles. The SMILES string of the molecule is CC(C)COc1ccc(C(O)=C2C(=O)C(=O)N(CCCN(C)C)[C@@H]2c2cccc([N+](=O)[O-])c2)cc1. The van der Waals surface area contributed by atoms with E-state index in [9.17, 15) is 24.8 Å². The topological polar surface area (TPSA) is 113 Å². The van der Waals surface area contributed by atoms with Crippen LogP contribution in [0.4, 0.5) is 5.69 Å². The normalized spacial score (nSPS) is 17.4. The largest absolute Gasteiger partial charge is 0.507 e. The van der Waals surface area contributed by atoms with E-state index in [1.165, 1.54) is 23.1 Å². The summed E-state index contributed by atoms with van der Waals surface area (Å²) in [7, 11) is 3.81. The Morgan fingerprint density at radius 3 is 2.46 bits per heavy atom. The van der Waals surface area contributed by atoms with E-state index in [0.717, 1.165) is 0 Å². The van der Waals surface area contributed by atoms with Crippen LogP contribution in [0, 0.1) is 16.0 Å². The summed E-state index contributed by atoms with van der Waals surface area (Å²) in [6.07, 6.45) is 0.591. The minimum atomic E-state index is -0.936. The summed E-state index contributed by atoms with van der Waals surface area (Å²) < 4.78 is 5.68. The lowest BCUT2D eigenvalue weighted by atomic mass is 9.95. The number of likely N-dealkylation sites (tertiary alicyclic amines) is 1. The Labute approximate surface area is 204 Å². The van der Waals surface area contributed by atoms with Crippen molar-refractivity contribution in [2.75, 3.05) is 33.8 Å². The van der Waals surface area contributed by atoms with E-state index in [-0.39, 0.29) is 23.6 Å². The Morgan fingerprint density at radius 2 is 1.86 bits per heavy atom. The van der Waals surface area contributed by atoms with E-state index < -0.39 is 22.7 Å². The maximum atomic E-state index is 13.1. The summed E-state index contributed by atoms with van der Waals surface area (Å²) in [6, 6.07) is 11.5. The first-order valence-corrected chi connectivity index (χ1v) is 11.5. The van der Waals surface area contributed by atoms with E-state index in [0.29, 0.717) is 42.4 Å². The van der Waals surface area contributed by atoms with Crippen LogP contribution in [0.25, 0.3) is 5.76 Å². The number of amides is 1. The molecule has 0 spiro atoms. The molecule has 1 aliphatic heterocycles. The molecule has 186 valence electrons. The molecule has 1 aliphatic rings. The number of ketones is 1. The molecule has 1 N–H and O–H groups in total. The van der Waals surface area contributed by atoms with Crippen molar-refractivity contribution in [1.82, 2.24) is 9.80 Å². The van der Waals surface area contributed by atoms with Crippen molar-refractivity contribution in [2.24, 2.45) is 5.92 Å². The number of non-ortho nitro benzene ring substituents is 1. The Kier molecular flexibility index (Phi) is 8.24. The van der Waals surface area contributed by atoms with Gasteiger partial charge in [0, 0.05) is 24.2 Å². The van der Waals surface area contributed by atoms with E-state index in [1.807, 2.05) is 32.8 Å². The van der Waals surface area contributed by atoms with E-state index in [2.05, 4.69) is 0 Å². The average Bonchev–Trinajstić information content (AvgIpc) is 3.07. The molecule has 0 aromatic heterocycles. The minimum absolute atomic E-state index is 0.0869. The summed E-state index contributed by atoms with van der Waals surface area (Å²) in [6.45, 7) is 5.55. The highest BCUT2D eigenvalue weighted by Gasteiger charge is 2.46. The average molecular weight is 482 g/mol. The van der Waals surface area contributed by atoms with E-state index in [4.69, 9.17) is 4.74 Å². The van der Waals surface area contributed by atoms with Gasteiger partial charge < -0.3 is 19.6 Å². The number of hydrogen-bond donors (Lipinski definition) is 1. The van der Waals surface area contributed by atoms with Gasteiger partial charge in [-0.25, -0.2) is 0 Å². The molecule has 9 nitrogen and oxygen atoms in total. The van der Waals surface area contributed by atoms with Crippen LogP contribution in [0.15, 0.2) is 54.1 Å². The van der Waals surface area contributed by atoms with Crippen LogP contribution in [-0.4, -0.2) is 65.3 Å². The minimum Gasteiger partial charge on any atom is -0.507 e. The molecule has 0 radical (unpaired) electrons. The van der Waals surface area contributed by atoms with Crippen LogP contribution in [-0.2, 0) is 9.59 Å². The van der Waals surface area contributed by atoms with Crippen LogP contribution >= 0.6 is 0 Å². The van der Waals surface area contributed by atoms with Crippen molar-refractivity contribution in [1.29, 1.82) is 0 Å². The van der Waals surface area contributed by atoms with Crippen molar-refractivity contribution in [3.8, 4) is 5.75 Å².